The van der Waals surface area contributed by atoms with Crippen LogP contribution in [0, 0.1) is 20.8 Å². The van der Waals surface area contributed by atoms with Crippen molar-refractivity contribution in [1.29, 1.82) is 0 Å². The maximum absolute atomic E-state index is 4.70. The van der Waals surface area contributed by atoms with Crippen molar-refractivity contribution in [2.45, 2.75) is 20.8 Å². The van der Waals surface area contributed by atoms with Crippen LogP contribution in [0.4, 0.5) is 0 Å². The number of hydrogen-bond acceptors (Lipinski definition) is 3. The van der Waals surface area contributed by atoms with Gasteiger partial charge in [0.15, 0.2) is 0 Å². The molecule has 0 saturated carbocycles. The Kier molecular flexibility index (Phi) is 4.76. The molecule has 0 fully saturated rings. The lowest BCUT2D eigenvalue weighted by atomic mass is 10.1. The number of rotatable bonds is 3. The lowest BCUT2D eigenvalue weighted by Gasteiger charge is -2.07. The highest BCUT2D eigenvalue weighted by molar-refractivity contribution is 7.07. The Labute approximate surface area is 146 Å². The molecule has 122 valence electrons. The molecule has 1 aromatic heterocycles. The van der Waals surface area contributed by atoms with Crippen LogP contribution < -0.4 is 4.80 Å². The highest BCUT2D eigenvalue weighted by atomic mass is 32.1. The minimum Gasteiger partial charge on any atom is -0.261 e. The van der Waals surface area contributed by atoms with Gasteiger partial charge in [-0.1, -0.05) is 36.4 Å². The first-order chi connectivity index (χ1) is 11.6. The third-order valence-electron chi connectivity index (χ3n) is 4.18. The second kappa shape index (κ2) is 6.97. The molecule has 0 aliphatic carbocycles. The van der Waals surface area contributed by atoms with Crippen molar-refractivity contribution < 1.29 is 0 Å². The van der Waals surface area contributed by atoms with E-state index in [-0.39, 0.29) is 0 Å². The molecule has 0 saturated heterocycles. The second-order valence-electron chi connectivity index (χ2n) is 5.84. The second-order valence-corrected chi connectivity index (χ2v) is 6.68. The summed E-state index contributed by atoms with van der Waals surface area (Å²) in [6.45, 7) is 6.36. The molecule has 0 bridgehead atoms. The molecule has 3 aromatic rings. The summed E-state index contributed by atoms with van der Waals surface area (Å²) in [5.41, 5.74) is 7.12. The fourth-order valence-electron chi connectivity index (χ4n) is 2.51. The van der Waals surface area contributed by atoms with E-state index in [1.165, 1.54) is 16.7 Å². The number of aryl methyl sites for hydroxylation is 3. The van der Waals surface area contributed by atoms with E-state index < -0.39 is 0 Å². The van der Waals surface area contributed by atoms with Gasteiger partial charge in [-0.2, -0.15) is 5.10 Å². The first kappa shape index (κ1) is 16.4. The van der Waals surface area contributed by atoms with Crippen molar-refractivity contribution in [2.24, 2.45) is 10.1 Å². The Hall–Kier alpha value is -2.46. The minimum atomic E-state index is 0.882. The third-order valence-corrected chi connectivity index (χ3v) is 5.09. The monoisotopic (exact) mass is 335 g/mol. The van der Waals surface area contributed by atoms with Crippen LogP contribution in [0.25, 0.3) is 11.3 Å². The highest BCUT2D eigenvalue weighted by Crippen LogP contribution is 2.23. The zero-order valence-electron chi connectivity index (χ0n) is 14.4. The van der Waals surface area contributed by atoms with Gasteiger partial charge >= 0.3 is 0 Å². The van der Waals surface area contributed by atoms with E-state index in [0.717, 1.165) is 21.6 Å². The molecule has 0 aliphatic heterocycles. The van der Waals surface area contributed by atoms with Crippen LogP contribution in [0.3, 0.4) is 0 Å². The van der Waals surface area contributed by atoms with Gasteiger partial charge < -0.3 is 0 Å². The van der Waals surface area contributed by atoms with Crippen molar-refractivity contribution in [1.82, 2.24) is 4.68 Å². The Bertz CT molecular complexity index is 961. The molecule has 0 N–H and O–H groups in total. The highest BCUT2D eigenvalue weighted by Gasteiger charge is 2.08. The first-order valence-electron chi connectivity index (χ1n) is 7.91. The largest absolute Gasteiger partial charge is 0.261 e. The molecule has 0 spiro atoms. The molecular weight excluding hydrogens is 314 g/mol. The lowest BCUT2D eigenvalue weighted by molar-refractivity contribution is 0.848. The number of benzene rings is 2. The fourth-order valence-corrected chi connectivity index (χ4v) is 3.32. The van der Waals surface area contributed by atoms with E-state index >= 15 is 0 Å². The van der Waals surface area contributed by atoms with Gasteiger partial charge in [0.2, 0.25) is 4.80 Å². The summed E-state index contributed by atoms with van der Waals surface area (Å²) in [6, 6.07) is 14.7. The van der Waals surface area contributed by atoms with E-state index in [1.54, 1.807) is 18.4 Å². The maximum atomic E-state index is 4.70. The van der Waals surface area contributed by atoms with Crippen LogP contribution in [0.5, 0.6) is 0 Å². The van der Waals surface area contributed by atoms with Crippen molar-refractivity contribution in [3.63, 3.8) is 0 Å². The van der Waals surface area contributed by atoms with Gasteiger partial charge in [-0.3, -0.25) is 4.99 Å². The zero-order chi connectivity index (χ0) is 17.1. The molecule has 0 radical (unpaired) electrons. The van der Waals surface area contributed by atoms with Gasteiger partial charge in [0.05, 0.1) is 11.9 Å². The van der Waals surface area contributed by atoms with Gasteiger partial charge in [-0.15, -0.1) is 11.3 Å². The molecule has 0 unspecified atom stereocenters. The molecule has 0 atom stereocenters. The Morgan fingerprint density at radius 2 is 1.75 bits per heavy atom. The van der Waals surface area contributed by atoms with E-state index in [4.69, 9.17) is 5.10 Å². The van der Waals surface area contributed by atoms with Crippen LogP contribution >= 0.6 is 11.3 Å². The zero-order valence-corrected chi connectivity index (χ0v) is 15.3. The van der Waals surface area contributed by atoms with Crippen LogP contribution in [-0.4, -0.2) is 17.9 Å². The van der Waals surface area contributed by atoms with Gasteiger partial charge in [-0.05, 0) is 49.1 Å². The summed E-state index contributed by atoms with van der Waals surface area (Å²) < 4.78 is 1.92. The average molecular weight is 335 g/mol. The van der Waals surface area contributed by atoms with Crippen molar-refractivity contribution >= 4 is 17.6 Å². The Balaban J connectivity index is 2.09. The molecular formula is C20H21N3S. The summed E-state index contributed by atoms with van der Waals surface area (Å²) in [5.74, 6) is 0. The maximum Gasteiger partial charge on any atom is 0.205 e. The lowest BCUT2D eigenvalue weighted by Crippen LogP contribution is -2.11. The van der Waals surface area contributed by atoms with Gasteiger partial charge in [0.1, 0.15) is 0 Å². The van der Waals surface area contributed by atoms with Crippen LogP contribution in [0.1, 0.15) is 22.3 Å². The first-order valence-corrected chi connectivity index (χ1v) is 8.79. The number of thiazole rings is 1. The SMILES string of the molecule is CN=c1scc(-c2ccc(C)c(C)c2)n1N=Cc1ccccc1C. The summed E-state index contributed by atoms with van der Waals surface area (Å²) >= 11 is 1.60. The van der Waals surface area contributed by atoms with Crippen molar-refractivity contribution in [2.75, 3.05) is 7.05 Å². The molecule has 0 aliphatic rings. The topological polar surface area (TPSA) is 29.6 Å². The van der Waals surface area contributed by atoms with Gasteiger partial charge in [0.25, 0.3) is 0 Å². The van der Waals surface area contributed by atoms with Gasteiger partial charge in [-0.25, -0.2) is 4.68 Å². The molecule has 3 nitrogen and oxygen atoms in total. The van der Waals surface area contributed by atoms with Crippen molar-refractivity contribution in [3.8, 4) is 11.3 Å². The standard InChI is InChI=1S/C20H21N3S/c1-14-9-10-17(11-16(14)3)19-13-24-20(21-4)23(19)22-12-18-8-6-5-7-15(18)2/h5-13H,1-4H3. The van der Waals surface area contributed by atoms with Crippen LogP contribution in [0.2, 0.25) is 0 Å². The summed E-state index contributed by atoms with van der Waals surface area (Å²) in [4.78, 5) is 5.24. The average Bonchev–Trinajstić information content (AvgIpc) is 2.99. The quantitative estimate of drug-likeness (QED) is 0.628. The predicted octanol–water partition coefficient (Wildman–Crippen LogP) is 4.55. The Morgan fingerprint density at radius 1 is 0.958 bits per heavy atom. The molecule has 3 rings (SSSR count). The molecule has 24 heavy (non-hydrogen) atoms. The minimum absolute atomic E-state index is 0.882. The number of aromatic nitrogens is 1. The molecule has 1 heterocycles. The van der Waals surface area contributed by atoms with E-state index in [0.29, 0.717) is 0 Å². The summed E-state index contributed by atoms with van der Waals surface area (Å²) in [6.07, 6.45) is 1.90. The fraction of sp³-hybridized carbons (Fsp3) is 0.200. The molecule has 4 heteroatoms. The predicted molar refractivity (Wildman–Crippen MR) is 103 cm³/mol. The van der Waals surface area contributed by atoms with E-state index in [1.807, 2.05) is 23.0 Å². The number of hydrogen-bond donors (Lipinski definition) is 0. The smallest absolute Gasteiger partial charge is 0.205 e. The van der Waals surface area contributed by atoms with E-state index in [9.17, 15) is 0 Å². The van der Waals surface area contributed by atoms with Gasteiger partial charge in [0, 0.05) is 18.0 Å². The van der Waals surface area contributed by atoms with E-state index in [2.05, 4.69) is 61.5 Å². The summed E-state index contributed by atoms with van der Waals surface area (Å²) in [5, 5.41) is 6.82. The van der Waals surface area contributed by atoms with Crippen LogP contribution in [-0.2, 0) is 0 Å². The van der Waals surface area contributed by atoms with Crippen LogP contribution in [0.15, 0.2) is 57.9 Å². The Morgan fingerprint density at radius 3 is 2.46 bits per heavy atom. The molecule has 2 aromatic carbocycles. The number of nitrogens with zero attached hydrogens (tertiary/aromatic N) is 3. The summed E-state index contributed by atoms with van der Waals surface area (Å²) in [7, 11) is 1.80. The third kappa shape index (κ3) is 3.24. The molecule has 0 amide bonds. The normalized spacial score (nSPS) is 12.2. The van der Waals surface area contributed by atoms with Crippen molar-refractivity contribution in [3.05, 3.63) is 74.9 Å².